The maximum Gasteiger partial charge on any atom is 0.416 e. The number of aromatic nitrogens is 2. The molecular formula is C34H18F6N2S. The van der Waals surface area contributed by atoms with E-state index in [1.54, 1.807) is 35.9 Å². The quantitative estimate of drug-likeness (QED) is 0.189. The zero-order valence-electron chi connectivity index (χ0n) is 22.0. The van der Waals surface area contributed by atoms with Gasteiger partial charge in [0, 0.05) is 39.0 Å². The van der Waals surface area contributed by atoms with Crippen molar-refractivity contribution in [3.8, 4) is 33.5 Å². The lowest BCUT2D eigenvalue weighted by molar-refractivity contribution is -0.143. The first-order valence-electron chi connectivity index (χ1n) is 13.1. The minimum Gasteiger partial charge on any atom is -0.256 e. The molecular weight excluding hydrogens is 582 g/mol. The summed E-state index contributed by atoms with van der Waals surface area (Å²) in [6.45, 7) is 0. The van der Waals surface area contributed by atoms with Gasteiger partial charge in [0.15, 0.2) is 0 Å². The van der Waals surface area contributed by atoms with Crippen LogP contribution in [0.5, 0.6) is 0 Å². The number of alkyl halides is 6. The maximum absolute atomic E-state index is 13.4. The van der Waals surface area contributed by atoms with E-state index in [0.29, 0.717) is 5.39 Å². The molecule has 0 fully saturated rings. The third kappa shape index (κ3) is 4.99. The third-order valence-electron chi connectivity index (χ3n) is 7.41. The van der Waals surface area contributed by atoms with Gasteiger partial charge in [-0.25, -0.2) is 4.98 Å². The zero-order valence-corrected chi connectivity index (χ0v) is 22.8. The Morgan fingerprint density at radius 1 is 0.535 bits per heavy atom. The second-order valence-electron chi connectivity index (χ2n) is 10.1. The minimum absolute atomic E-state index is 0.136. The Morgan fingerprint density at radius 2 is 1.19 bits per heavy atom. The average molecular weight is 601 g/mol. The lowest BCUT2D eigenvalue weighted by atomic mass is 9.95. The van der Waals surface area contributed by atoms with Crippen molar-refractivity contribution in [1.29, 1.82) is 0 Å². The van der Waals surface area contributed by atoms with Gasteiger partial charge in [-0.15, -0.1) is 11.3 Å². The predicted molar refractivity (Wildman–Crippen MR) is 159 cm³/mol. The van der Waals surface area contributed by atoms with Crippen molar-refractivity contribution in [2.24, 2.45) is 0 Å². The molecule has 0 aliphatic heterocycles. The Hall–Kier alpha value is -4.76. The topological polar surface area (TPSA) is 25.8 Å². The van der Waals surface area contributed by atoms with Crippen LogP contribution in [-0.4, -0.2) is 9.97 Å². The molecule has 0 N–H and O–H groups in total. The van der Waals surface area contributed by atoms with E-state index in [-0.39, 0.29) is 17.2 Å². The van der Waals surface area contributed by atoms with Crippen molar-refractivity contribution < 1.29 is 26.3 Å². The van der Waals surface area contributed by atoms with Crippen molar-refractivity contribution >= 4 is 42.4 Å². The van der Waals surface area contributed by atoms with Gasteiger partial charge in [-0.3, -0.25) is 4.98 Å². The van der Waals surface area contributed by atoms with Gasteiger partial charge >= 0.3 is 12.4 Å². The molecule has 0 atom stereocenters. The van der Waals surface area contributed by atoms with Crippen LogP contribution in [0.25, 0.3) is 64.6 Å². The maximum atomic E-state index is 13.4. The summed E-state index contributed by atoms with van der Waals surface area (Å²) in [6, 6.07) is 26.0. The highest BCUT2D eigenvalue weighted by molar-refractivity contribution is 7.26. The summed E-state index contributed by atoms with van der Waals surface area (Å²) in [7, 11) is 0. The molecule has 9 heteroatoms. The Labute approximate surface area is 244 Å². The van der Waals surface area contributed by atoms with Crippen molar-refractivity contribution in [1.82, 2.24) is 9.97 Å². The summed E-state index contributed by atoms with van der Waals surface area (Å²) < 4.78 is 81.7. The second kappa shape index (κ2) is 9.91. The van der Waals surface area contributed by atoms with Gasteiger partial charge < -0.3 is 0 Å². The molecule has 0 saturated carbocycles. The first-order valence-corrected chi connectivity index (χ1v) is 13.9. The molecule has 43 heavy (non-hydrogen) atoms. The number of hydrogen-bond donors (Lipinski definition) is 0. The SMILES string of the molecule is FC(F)(F)c1cc(-c2ccc3ccc(-c4ccc(-c5cccc6c5sc5ncccc56)nc4)cc3c2)cc(C(F)(F)F)c1. The number of thiophene rings is 1. The van der Waals surface area contributed by atoms with Gasteiger partial charge in [0.25, 0.3) is 0 Å². The van der Waals surface area contributed by atoms with Crippen molar-refractivity contribution in [2.75, 3.05) is 0 Å². The Bertz CT molecular complexity index is 2130. The van der Waals surface area contributed by atoms with Crippen molar-refractivity contribution in [2.45, 2.75) is 12.4 Å². The molecule has 4 aromatic carbocycles. The predicted octanol–water partition coefficient (Wildman–Crippen LogP) is 11.0. The van der Waals surface area contributed by atoms with Gasteiger partial charge in [-0.2, -0.15) is 26.3 Å². The molecule has 0 radical (unpaired) electrons. The van der Waals surface area contributed by atoms with E-state index < -0.39 is 23.5 Å². The standard InChI is InChI=1S/C34H18F6N2S/c35-33(36,37)25-15-24(16-26(17-25)34(38,39)40)21-9-7-19-6-8-20(13-23(19)14-21)22-10-11-30(42-18-22)29-4-1-3-27-28-5-2-12-41-32(28)43-31(27)29/h1-18H. The Kier molecular flexibility index (Phi) is 6.25. The van der Waals surface area contributed by atoms with Crippen LogP contribution in [0.1, 0.15) is 11.1 Å². The van der Waals surface area contributed by atoms with E-state index >= 15 is 0 Å². The lowest BCUT2D eigenvalue weighted by Crippen LogP contribution is -2.11. The Morgan fingerprint density at radius 3 is 1.84 bits per heavy atom. The lowest BCUT2D eigenvalue weighted by Gasteiger charge is -2.15. The number of fused-ring (bicyclic) bond motifs is 4. The molecule has 7 aromatic rings. The van der Waals surface area contributed by atoms with Crippen LogP contribution < -0.4 is 0 Å². The van der Waals surface area contributed by atoms with Crippen LogP contribution in [0.4, 0.5) is 26.3 Å². The van der Waals surface area contributed by atoms with E-state index in [4.69, 9.17) is 4.98 Å². The molecule has 3 heterocycles. The molecule has 7 rings (SSSR count). The second-order valence-corrected chi connectivity index (χ2v) is 11.1. The van der Waals surface area contributed by atoms with Gasteiger partial charge in [0.1, 0.15) is 4.83 Å². The molecule has 0 saturated heterocycles. The fraction of sp³-hybridized carbons (Fsp3) is 0.0588. The fourth-order valence-electron chi connectivity index (χ4n) is 5.29. The fourth-order valence-corrected chi connectivity index (χ4v) is 6.45. The number of nitrogens with zero attached hydrogens (tertiary/aromatic N) is 2. The van der Waals surface area contributed by atoms with Crippen molar-refractivity contribution in [3.05, 3.63) is 121 Å². The van der Waals surface area contributed by atoms with E-state index in [9.17, 15) is 26.3 Å². The first kappa shape index (κ1) is 27.1. The van der Waals surface area contributed by atoms with E-state index in [2.05, 4.69) is 17.1 Å². The number of rotatable bonds is 3. The zero-order chi connectivity index (χ0) is 29.9. The third-order valence-corrected chi connectivity index (χ3v) is 8.57. The molecule has 3 aromatic heterocycles. The summed E-state index contributed by atoms with van der Waals surface area (Å²) in [5.41, 5.74) is 0.822. The largest absolute Gasteiger partial charge is 0.416 e. The molecule has 0 spiro atoms. The van der Waals surface area contributed by atoms with Crippen LogP contribution in [0, 0.1) is 0 Å². The highest BCUT2D eigenvalue weighted by Crippen LogP contribution is 2.40. The Balaban J connectivity index is 1.26. The minimum atomic E-state index is -4.92. The normalized spacial score (nSPS) is 12.4. The van der Waals surface area contributed by atoms with Crippen LogP contribution in [0.3, 0.4) is 0 Å². The molecule has 0 bridgehead atoms. The van der Waals surface area contributed by atoms with E-state index in [1.165, 1.54) is 6.07 Å². The van der Waals surface area contributed by atoms with Crippen LogP contribution in [0.15, 0.2) is 109 Å². The van der Waals surface area contributed by atoms with Crippen LogP contribution >= 0.6 is 11.3 Å². The molecule has 0 amide bonds. The summed E-state index contributed by atoms with van der Waals surface area (Å²) >= 11 is 1.61. The van der Waals surface area contributed by atoms with Crippen LogP contribution in [-0.2, 0) is 12.4 Å². The summed E-state index contributed by atoms with van der Waals surface area (Å²) in [5, 5.41) is 3.68. The molecule has 0 unspecified atom stereocenters. The molecule has 0 aliphatic carbocycles. The highest BCUT2D eigenvalue weighted by Gasteiger charge is 2.37. The monoisotopic (exact) mass is 600 g/mol. The molecule has 0 aliphatic rings. The number of pyridine rings is 2. The summed E-state index contributed by atoms with van der Waals surface area (Å²) in [4.78, 5) is 10.2. The van der Waals surface area contributed by atoms with E-state index in [0.717, 1.165) is 60.2 Å². The summed E-state index contributed by atoms with van der Waals surface area (Å²) in [5.74, 6) is 0. The first-order chi connectivity index (χ1) is 20.5. The van der Waals surface area contributed by atoms with Crippen LogP contribution in [0.2, 0.25) is 0 Å². The highest BCUT2D eigenvalue weighted by atomic mass is 32.1. The smallest absolute Gasteiger partial charge is 0.256 e. The number of benzene rings is 4. The van der Waals surface area contributed by atoms with Gasteiger partial charge in [-0.05, 0) is 76.0 Å². The summed E-state index contributed by atoms with van der Waals surface area (Å²) in [6.07, 6.45) is -6.30. The average Bonchev–Trinajstić information content (AvgIpc) is 3.38. The van der Waals surface area contributed by atoms with Gasteiger partial charge in [0.05, 0.1) is 16.8 Å². The molecule has 2 nitrogen and oxygen atoms in total. The van der Waals surface area contributed by atoms with Crippen molar-refractivity contribution in [3.63, 3.8) is 0 Å². The molecule has 212 valence electrons. The number of hydrogen-bond acceptors (Lipinski definition) is 3. The van der Waals surface area contributed by atoms with Gasteiger partial charge in [0.2, 0.25) is 0 Å². The van der Waals surface area contributed by atoms with E-state index in [1.807, 2.05) is 48.5 Å². The number of halogens is 6. The van der Waals surface area contributed by atoms with Gasteiger partial charge in [-0.1, -0.05) is 48.5 Å².